The number of hydrogen-bond donors (Lipinski definition) is 4. The zero-order valence-corrected chi connectivity index (χ0v) is 26.9. The number of azide groups is 1. The maximum Gasteiger partial charge on any atom is 0.326 e. The number of likely N-dealkylation sites (tertiary alicyclic amines) is 1. The van der Waals surface area contributed by atoms with Crippen molar-refractivity contribution in [2.75, 3.05) is 72.5 Å². The lowest BCUT2D eigenvalue weighted by molar-refractivity contribution is -0.144. The van der Waals surface area contributed by atoms with Crippen molar-refractivity contribution >= 4 is 29.7 Å². The van der Waals surface area contributed by atoms with Crippen molar-refractivity contribution in [1.82, 2.24) is 15.5 Å². The monoisotopic (exact) mass is 658 g/mol. The van der Waals surface area contributed by atoms with Crippen LogP contribution in [0.1, 0.15) is 58.8 Å². The average molecular weight is 659 g/mol. The van der Waals surface area contributed by atoms with Crippen LogP contribution < -0.4 is 10.6 Å². The fraction of sp³-hybridized carbons (Fsp3) is 0.828. The third kappa shape index (κ3) is 16.7. The Hall–Kier alpha value is -3.50. The summed E-state index contributed by atoms with van der Waals surface area (Å²) >= 11 is 0. The normalized spacial score (nSPS) is 17.1. The van der Waals surface area contributed by atoms with Crippen molar-refractivity contribution in [3.63, 3.8) is 0 Å². The van der Waals surface area contributed by atoms with Gasteiger partial charge in [-0.05, 0) is 18.4 Å². The minimum absolute atomic E-state index is 0.0199. The van der Waals surface area contributed by atoms with Crippen LogP contribution >= 0.6 is 0 Å². The number of carboxylic acids is 2. The van der Waals surface area contributed by atoms with E-state index in [1.54, 1.807) is 0 Å². The molecule has 1 fully saturated rings. The molecule has 1 heterocycles. The minimum Gasteiger partial charge on any atom is -0.480 e. The van der Waals surface area contributed by atoms with Crippen LogP contribution in [0, 0.1) is 11.8 Å². The average Bonchev–Trinajstić information content (AvgIpc) is 3.49. The SMILES string of the molecule is CCCC[C@H](NC(=O)[C@H]1CN(C(=O)CCOCCOCCOCCOCCN=[N+]=[N-])C[C@@H]1C(=O)N[C@@H](CCCC)C(=O)O)C(=O)O. The number of carboxylic acid groups (broad SMARTS) is 2. The molecule has 1 rings (SSSR count). The summed E-state index contributed by atoms with van der Waals surface area (Å²) in [6.45, 7) is 6.17. The van der Waals surface area contributed by atoms with E-state index in [4.69, 9.17) is 24.5 Å². The Morgan fingerprint density at radius 3 is 1.57 bits per heavy atom. The molecule has 0 aliphatic carbocycles. The van der Waals surface area contributed by atoms with Gasteiger partial charge in [0.05, 0.1) is 71.1 Å². The van der Waals surface area contributed by atoms with Crippen molar-refractivity contribution < 1.29 is 53.1 Å². The molecular formula is C29H50N6O11. The summed E-state index contributed by atoms with van der Waals surface area (Å²) in [6, 6.07) is -2.29. The molecule has 0 saturated carbocycles. The van der Waals surface area contributed by atoms with Crippen molar-refractivity contribution in [3.05, 3.63) is 10.4 Å². The second kappa shape index (κ2) is 24.7. The van der Waals surface area contributed by atoms with Gasteiger partial charge in [0.25, 0.3) is 0 Å². The fourth-order valence-corrected chi connectivity index (χ4v) is 4.66. The molecule has 1 aliphatic heterocycles. The molecule has 0 spiro atoms. The quantitative estimate of drug-likeness (QED) is 0.0425. The largest absolute Gasteiger partial charge is 0.480 e. The van der Waals surface area contributed by atoms with Gasteiger partial charge in [-0.2, -0.15) is 0 Å². The van der Waals surface area contributed by atoms with Gasteiger partial charge in [0.1, 0.15) is 12.1 Å². The van der Waals surface area contributed by atoms with E-state index in [2.05, 4.69) is 20.7 Å². The zero-order chi connectivity index (χ0) is 34.2. The Kier molecular flexibility index (Phi) is 21.8. The first-order valence-corrected chi connectivity index (χ1v) is 15.8. The number of rotatable bonds is 27. The summed E-state index contributed by atoms with van der Waals surface area (Å²) in [6.07, 6.45) is 3.01. The van der Waals surface area contributed by atoms with Gasteiger partial charge in [0.15, 0.2) is 0 Å². The number of nitrogens with one attached hydrogen (secondary N) is 2. The lowest BCUT2D eigenvalue weighted by Crippen LogP contribution is -2.49. The predicted octanol–water partition coefficient (Wildman–Crippen LogP) is 1.35. The highest BCUT2D eigenvalue weighted by Gasteiger charge is 2.44. The molecule has 4 N–H and O–H groups in total. The highest BCUT2D eigenvalue weighted by molar-refractivity contribution is 5.93. The molecule has 4 atom stereocenters. The second-order valence-electron chi connectivity index (χ2n) is 10.7. The van der Waals surface area contributed by atoms with E-state index in [0.717, 1.165) is 12.8 Å². The summed E-state index contributed by atoms with van der Waals surface area (Å²) in [4.78, 5) is 66.8. The Bertz CT molecular complexity index is 947. The third-order valence-electron chi connectivity index (χ3n) is 7.24. The highest BCUT2D eigenvalue weighted by atomic mass is 16.6. The van der Waals surface area contributed by atoms with Crippen molar-refractivity contribution in [2.24, 2.45) is 17.0 Å². The van der Waals surface area contributed by atoms with Gasteiger partial charge in [-0.15, -0.1) is 0 Å². The molecule has 17 heteroatoms. The van der Waals surface area contributed by atoms with Gasteiger partial charge in [-0.1, -0.05) is 44.6 Å². The van der Waals surface area contributed by atoms with Crippen LogP contribution in [0.4, 0.5) is 0 Å². The second-order valence-corrected chi connectivity index (χ2v) is 10.7. The molecule has 262 valence electrons. The molecule has 0 aromatic heterocycles. The standard InChI is InChI=1S/C29H50N6O11/c1-3-5-7-23(28(39)40)32-26(37)21-19-35(20-22(21)27(38)33-24(29(41)42)8-6-4-2)25(36)9-11-43-13-15-45-17-18-46-16-14-44-12-10-31-34-30/h21-24H,3-20H2,1-2H3,(H,32,37)(H,33,38)(H,39,40)(H,41,42)/t21-,22-,23-,24-/m0/s1. The molecule has 0 radical (unpaired) electrons. The molecule has 0 unspecified atom stereocenters. The summed E-state index contributed by atoms with van der Waals surface area (Å²) in [5.74, 6) is -6.19. The van der Waals surface area contributed by atoms with Gasteiger partial charge >= 0.3 is 11.9 Å². The lowest BCUT2D eigenvalue weighted by atomic mass is 9.93. The summed E-state index contributed by atoms with van der Waals surface area (Å²) in [5, 5.41) is 27.5. The number of ether oxygens (including phenoxy) is 4. The number of nitrogens with zero attached hydrogens (tertiary/aromatic N) is 4. The van der Waals surface area contributed by atoms with E-state index in [1.165, 1.54) is 4.90 Å². The number of hydrogen-bond acceptors (Lipinski definition) is 10. The van der Waals surface area contributed by atoms with Crippen LogP contribution in [0.25, 0.3) is 10.4 Å². The predicted molar refractivity (Wildman–Crippen MR) is 164 cm³/mol. The first-order chi connectivity index (χ1) is 22.2. The third-order valence-corrected chi connectivity index (χ3v) is 7.24. The molecule has 46 heavy (non-hydrogen) atoms. The molecule has 3 amide bonds. The summed E-state index contributed by atoms with van der Waals surface area (Å²) < 4.78 is 21.4. The molecule has 0 aromatic carbocycles. The Balaban J connectivity index is 2.58. The van der Waals surface area contributed by atoms with Gasteiger partial charge in [-0.25, -0.2) is 9.59 Å². The summed E-state index contributed by atoms with van der Waals surface area (Å²) in [5.41, 5.74) is 8.17. The molecule has 0 aromatic rings. The van der Waals surface area contributed by atoms with Crippen LogP contribution in [0.3, 0.4) is 0 Å². The summed E-state index contributed by atoms with van der Waals surface area (Å²) in [7, 11) is 0. The van der Waals surface area contributed by atoms with Gasteiger partial charge in [0.2, 0.25) is 17.7 Å². The maximum absolute atomic E-state index is 13.2. The van der Waals surface area contributed by atoms with Gasteiger partial charge in [0, 0.05) is 24.5 Å². The molecule has 17 nitrogen and oxygen atoms in total. The Morgan fingerprint density at radius 2 is 1.17 bits per heavy atom. The molecule has 0 bridgehead atoms. The minimum atomic E-state index is -1.20. The van der Waals surface area contributed by atoms with E-state index in [1.807, 2.05) is 13.8 Å². The highest BCUT2D eigenvalue weighted by Crippen LogP contribution is 2.26. The Morgan fingerprint density at radius 1 is 0.761 bits per heavy atom. The van der Waals surface area contributed by atoms with Crippen LogP contribution in [-0.2, 0) is 42.9 Å². The van der Waals surface area contributed by atoms with Crippen LogP contribution in [-0.4, -0.2) is 129 Å². The zero-order valence-electron chi connectivity index (χ0n) is 26.9. The van der Waals surface area contributed by atoms with Crippen molar-refractivity contribution in [3.8, 4) is 0 Å². The molecule has 1 aliphatic rings. The fourth-order valence-electron chi connectivity index (χ4n) is 4.66. The van der Waals surface area contributed by atoms with E-state index in [9.17, 15) is 34.2 Å². The lowest BCUT2D eigenvalue weighted by Gasteiger charge is -2.22. The van der Waals surface area contributed by atoms with E-state index in [0.29, 0.717) is 45.9 Å². The molecular weight excluding hydrogens is 608 g/mol. The number of unbranched alkanes of at least 4 members (excludes halogenated alkanes) is 2. The number of aliphatic carboxylic acids is 2. The van der Waals surface area contributed by atoms with Gasteiger partial charge in [-0.3, -0.25) is 14.4 Å². The first kappa shape index (κ1) is 40.5. The van der Waals surface area contributed by atoms with Crippen LogP contribution in [0.15, 0.2) is 5.11 Å². The smallest absolute Gasteiger partial charge is 0.326 e. The van der Waals surface area contributed by atoms with E-state index < -0.39 is 47.7 Å². The van der Waals surface area contributed by atoms with E-state index >= 15 is 0 Å². The topological polar surface area (TPSA) is 239 Å². The molecule has 1 saturated heterocycles. The van der Waals surface area contributed by atoms with Crippen LogP contribution in [0.5, 0.6) is 0 Å². The van der Waals surface area contributed by atoms with Gasteiger partial charge < -0.3 is 44.7 Å². The van der Waals surface area contributed by atoms with Crippen molar-refractivity contribution in [1.29, 1.82) is 0 Å². The number of amides is 3. The maximum atomic E-state index is 13.2. The van der Waals surface area contributed by atoms with E-state index in [-0.39, 0.29) is 64.6 Å². The Labute approximate surface area is 269 Å². The number of carbonyl (C=O) groups is 5. The van der Waals surface area contributed by atoms with Crippen LogP contribution in [0.2, 0.25) is 0 Å². The number of carbonyl (C=O) groups excluding carboxylic acids is 3. The van der Waals surface area contributed by atoms with Crippen molar-refractivity contribution in [2.45, 2.75) is 70.9 Å². The first-order valence-electron chi connectivity index (χ1n) is 15.8.